The zero-order chi connectivity index (χ0) is 13.4. The van der Waals surface area contributed by atoms with Crippen molar-refractivity contribution >= 4 is 0 Å². The van der Waals surface area contributed by atoms with Crippen LogP contribution in [-0.2, 0) is 13.0 Å². The van der Waals surface area contributed by atoms with Crippen molar-refractivity contribution in [3.8, 4) is 11.6 Å². The topological polar surface area (TPSA) is 64.1 Å². The predicted octanol–water partition coefficient (Wildman–Crippen LogP) is 2.72. The van der Waals surface area contributed by atoms with Crippen LogP contribution in [-0.4, -0.2) is 10.1 Å². The van der Waals surface area contributed by atoms with E-state index in [1.807, 2.05) is 6.07 Å². The van der Waals surface area contributed by atoms with E-state index in [4.69, 9.17) is 8.94 Å². The molecule has 3 heterocycles. The molecular formula is C15H13N3O2. The van der Waals surface area contributed by atoms with Crippen molar-refractivity contribution in [1.29, 1.82) is 0 Å². The molecular weight excluding hydrogens is 254 g/mol. The molecule has 5 heteroatoms. The van der Waals surface area contributed by atoms with Crippen LogP contribution in [0, 0.1) is 0 Å². The van der Waals surface area contributed by atoms with Crippen LogP contribution in [0.1, 0.15) is 23.1 Å². The minimum atomic E-state index is 0.0566. The average Bonchev–Trinajstić information content (AvgIpc) is 3.17. The van der Waals surface area contributed by atoms with Gasteiger partial charge in [-0.15, -0.1) is 0 Å². The molecule has 1 aliphatic rings. The van der Waals surface area contributed by atoms with Crippen molar-refractivity contribution in [2.24, 2.45) is 0 Å². The van der Waals surface area contributed by atoms with Gasteiger partial charge in [-0.05, 0) is 29.7 Å². The van der Waals surface area contributed by atoms with E-state index in [-0.39, 0.29) is 6.04 Å². The second kappa shape index (κ2) is 4.61. The van der Waals surface area contributed by atoms with Crippen LogP contribution in [0.25, 0.3) is 11.6 Å². The van der Waals surface area contributed by atoms with Gasteiger partial charge in [0, 0.05) is 6.54 Å². The second-order valence-corrected chi connectivity index (χ2v) is 4.84. The third-order valence-electron chi connectivity index (χ3n) is 3.56. The number of hydrogen-bond acceptors (Lipinski definition) is 5. The number of rotatable bonds is 2. The number of hydrogen-bond donors (Lipinski definition) is 1. The number of benzene rings is 1. The van der Waals surface area contributed by atoms with Crippen LogP contribution < -0.4 is 5.32 Å². The Balaban J connectivity index is 1.60. The summed E-state index contributed by atoms with van der Waals surface area (Å²) in [6.07, 6.45) is 2.45. The van der Waals surface area contributed by atoms with Gasteiger partial charge in [0.05, 0.1) is 12.3 Å². The van der Waals surface area contributed by atoms with E-state index in [1.54, 1.807) is 12.3 Å². The van der Waals surface area contributed by atoms with E-state index >= 15 is 0 Å². The normalized spacial score (nSPS) is 17.9. The lowest BCUT2D eigenvalue weighted by molar-refractivity contribution is 0.321. The summed E-state index contributed by atoms with van der Waals surface area (Å²) in [5, 5.41) is 7.39. The molecule has 1 aliphatic heterocycles. The molecule has 0 aliphatic carbocycles. The monoisotopic (exact) mass is 267 g/mol. The zero-order valence-corrected chi connectivity index (χ0v) is 10.7. The van der Waals surface area contributed by atoms with Crippen LogP contribution in [0.15, 0.2) is 51.6 Å². The minimum absolute atomic E-state index is 0.0566. The fourth-order valence-corrected chi connectivity index (χ4v) is 2.51. The molecule has 0 amide bonds. The number of aromatic nitrogens is 2. The van der Waals surface area contributed by atoms with Gasteiger partial charge in [-0.25, -0.2) is 0 Å². The smallest absolute Gasteiger partial charge is 0.244 e. The Bertz CT molecular complexity index is 718. The lowest BCUT2D eigenvalue weighted by Gasteiger charge is -2.23. The van der Waals surface area contributed by atoms with Gasteiger partial charge in [-0.2, -0.15) is 4.98 Å². The molecule has 0 radical (unpaired) electrons. The van der Waals surface area contributed by atoms with Crippen molar-refractivity contribution in [2.45, 2.75) is 19.0 Å². The van der Waals surface area contributed by atoms with E-state index in [9.17, 15) is 0 Å². The highest BCUT2D eigenvalue weighted by Crippen LogP contribution is 2.26. The summed E-state index contributed by atoms with van der Waals surface area (Å²) >= 11 is 0. The van der Waals surface area contributed by atoms with Crippen molar-refractivity contribution in [1.82, 2.24) is 15.5 Å². The predicted molar refractivity (Wildman–Crippen MR) is 71.7 cm³/mol. The summed E-state index contributed by atoms with van der Waals surface area (Å²) in [4.78, 5) is 4.42. The molecule has 3 aromatic rings. The van der Waals surface area contributed by atoms with Gasteiger partial charge in [0.2, 0.25) is 11.7 Å². The highest BCUT2D eigenvalue weighted by molar-refractivity contribution is 5.45. The Morgan fingerprint density at radius 1 is 1.10 bits per heavy atom. The Kier molecular flexibility index (Phi) is 2.63. The van der Waals surface area contributed by atoms with Gasteiger partial charge in [-0.1, -0.05) is 29.4 Å². The fraction of sp³-hybridized carbons (Fsp3) is 0.200. The maximum absolute atomic E-state index is 5.36. The number of furan rings is 1. The number of fused-ring (bicyclic) bond motifs is 1. The van der Waals surface area contributed by atoms with Crippen molar-refractivity contribution in [3.63, 3.8) is 0 Å². The van der Waals surface area contributed by atoms with Gasteiger partial charge in [0.25, 0.3) is 0 Å². The molecule has 1 atom stereocenters. The van der Waals surface area contributed by atoms with Crippen molar-refractivity contribution < 1.29 is 8.94 Å². The van der Waals surface area contributed by atoms with E-state index in [2.05, 4.69) is 39.7 Å². The molecule has 4 rings (SSSR count). The summed E-state index contributed by atoms with van der Waals surface area (Å²) in [6, 6.07) is 12.1. The van der Waals surface area contributed by atoms with Gasteiger partial charge >= 0.3 is 0 Å². The van der Waals surface area contributed by atoms with Gasteiger partial charge in [0.1, 0.15) is 0 Å². The lowest BCUT2D eigenvalue weighted by atomic mass is 9.96. The number of nitrogens with zero attached hydrogens (tertiary/aromatic N) is 2. The Labute approximate surface area is 115 Å². The molecule has 0 spiro atoms. The van der Waals surface area contributed by atoms with Crippen LogP contribution in [0.5, 0.6) is 0 Å². The molecule has 5 nitrogen and oxygen atoms in total. The molecule has 1 N–H and O–H groups in total. The molecule has 1 aromatic carbocycles. The summed E-state index contributed by atoms with van der Waals surface area (Å²) in [5.74, 6) is 1.72. The van der Waals surface area contributed by atoms with E-state index < -0.39 is 0 Å². The average molecular weight is 267 g/mol. The molecule has 0 fully saturated rings. The third-order valence-corrected chi connectivity index (χ3v) is 3.56. The summed E-state index contributed by atoms with van der Waals surface area (Å²) in [6.45, 7) is 0.819. The minimum Gasteiger partial charge on any atom is -0.461 e. The summed E-state index contributed by atoms with van der Waals surface area (Å²) in [7, 11) is 0. The fourth-order valence-electron chi connectivity index (χ4n) is 2.51. The van der Waals surface area contributed by atoms with Crippen LogP contribution in [0.4, 0.5) is 0 Å². The summed E-state index contributed by atoms with van der Waals surface area (Å²) in [5.41, 5.74) is 2.66. The number of nitrogens with one attached hydrogen (secondary N) is 1. The first-order valence-electron chi connectivity index (χ1n) is 6.58. The van der Waals surface area contributed by atoms with Crippen molar-refractivity contribution in [2.75, 3.05) is 0 Å². The van der Waals surface area contributed by atoms with Crippen LogP contribution >= 0.6 is 0 Å². The Morgan fingerprint density at radius 2 is 2.00 bits per heavy atom. The molecule has 0 bridgehead atoms. The van der Waals surface area contributed by atoms with E-state index in [0.717, 1.165) is 13.0 Å². The largest absolute Gasteiger partial charge is 0.461 e. The van der Waals surface area contributed by atoms with E-state index in [0.29, 0.717) is 17.5 Å². The zero-order valence-electron chi connectivity index (χ0n) is 10.7. The Morgan fingerprint density at radius 3 is 2.85 bits per heavy atom. The van der Waals surface area contributed by atoms with Crippen LogP contribution in [0.2, 0.25) is 0 Å². The first kappa shape index (κ1) is 11.4. The summed E-state index contributed by atoms with van der Waals surface area (Å²) < 4.78 is 10.6. The van der Waals surface area contributed by atoms with Gasteiger partial charge < -0.3 is 14.3 Å². The maximum atomic E-state index is 5.36. The molecule has 1 unspecified atom stereocenters. The second-order valence-electron chi connectivity index (χ2n) is 4.84. The van der Waals surface area contributed by atoms with Crippen LogP contribution in [0.3, 0.4) is 0 Å². The van der Waals surface area contributed by atoms with E-state index in [1.165, 1.54) is 11.1 Å². The first-order chi connectivity index (χ1) is 9.90. The van der Waals surface area contributed by atoms with Gasteiger partial charge in [0.15, 0.2) is 5.76 Å². The first-order valence-corrected chi connectivity index (χ1v) is 6.58. The quantitative estimate of drug-likeness (QED) is 0.773. The lowest BCUT2D eigenvalue weighted by Crippen LogP contribution is -2.28. The molecule has 0 saturated heterocycles. The maximum Gasteiger partial charge on any atom is 0.244 e. The molecule has 100 valence electrons. The molecule has 2 aromatic heterocycles. The molecule has 20 heavy (non-hydrogen) atoms. The standard InChI is InChI=1S/C15H13N3O2/c1-2-5-11-9-16-12(8-10(11)4-1)15-17-14(18-20-15)13-6-3-7-19-13/h1-7,12,16H,8-9H2. The third kappa shape index (κ3) is 1.92. The highest BCUT2D eigenvalue weighted by Gasteiger charge is 2.24. The SMILES string of the molecule is c1coc(-c2noc(C3Cc4ccccc4CN3)n2)c1. The van der Waals surface area contributed by atoms with Crippen molar-refractivity contribution in [3.05, 3.63) is 59.7 Å². The van der Waals surface area contributed by atoms with Gasteiger partial charge in [-0.3, -0.25) is 0 Å². The highest BCUT2D eigenvalue weighted by atomic mass is 16.5. The molecule has 0 saturated carbocycles. The Hall–Kier alpha value is -2.40.